The number of nitrogens with zero attached hydrogens (tertiary/aromatic N) is 4. The molecule has 1 aliphatic rings. The molecular weight excluding hydrogens is 372 g/mol. The van der Waals surface area contributed by atoms with Crippen LogP contribution in [0.3, 0.4) is 0 Å². The van der Waals surface area contributed by atoms with Gasteiger partial charge in [0, 0.05) is 19.3 Å². The van der Waals surface area contributed by atoms with Crippen LogP contribution in [0.2, 0.25) is 0 Å². The minimum Gasteiger partial charge on any atom is -0.496 e. The van der Waals surface area contributed by atoms with Gasteiger partial charge in [0.25, 0.3) is 0 Å². The van der Waals surface area contributed by atoms with Gasteiger partial charge < -0.3 is 9.64 Å². The van der Waals surface area contributed by atoms with Crippen molar-refractivity contribution in [1.82, 2.24) is 19.7 Å². The second kappa shape index (κ2) is 7.67. The zero-order valence-corrected chi connectivity index (χ0v) is 16.9. The number of benzene rings is 2. The molecule has 1 atom stereocenters. The lowest BCUT2D eigenvalue weighted by Gasteiger charge is -2.14. The number of amides is 1. The Kier molecular flexibility index (Phi) is 5.09. The van der Waals surface area contributed by atoms with Crippen LogP contribution in [0.15, 0.2) is 53.7 Å². The molecule has 2 heterocycles. The first kappa shape index (κ1) is 18.6. The molecule has 7 heteroatoms. The van der Waals surface area contributed by atoms with Gasteiger partial charge in [0.05, 0.1) is 17.9 Å². The van der Waals surface area contributed by atoms with Gasteiger partial charge in [-0.1, -0.05) is 41.6 Å². The number of carbonyl (C=O) groups excluding carboxylic acids is 1. The van der Waals surface area contributed by atoms with Crippen LogP contribution in [0, 0.1) is 6.92 Å². The van der Waals surface area contributed by atoms with E-state index in [4.69, 9.17) is 4.74 Å². The molecule has 1 unspecified atom stereocenters. The van der Waals surface area contributed by atoms with E-state index >= 15 is 0 Å². The Labute approximate surface area is 168 Å². The molecule has 28 heavy (non-hydrogen) atoms. The van der Waals surface area contributed by atoms with E-state index < -0.39 is 0 Å². The minimum absolute atomic E-state index is 0.135. The molecule has 0 spiro atoms. The van der Waals surface area contributed by atoms with Crippen LogP contribution in [0.4, 0.5) is 0 Å². The highest BCUT2D eigenvalue weighted by atomic mass is 32.2. The second-order valence-corrected chi connectivity index (χ2v) is 8.00. The topological polar surface area (TPSA) is 60.3 Å². The van der Waals surface area contributed by atoms with Gasteiger partial charge in [-0.15, -0.1) is 10.2 Å². The van der Waals surface area contributed by atoms with E-state index in [0.29, 0.717) is 11.0 Å². The van der Waals surface area contributed by atoms with E-state index in [2.05, 4.69) is 29.3 Å². The third-order valence-electron chi connectivity index (χ3n) is 4.90. The predicted octanol–water partition coefficient (Wildman–Crippen LogP) is 3.57. The maximum atomic E-state index is 12.4. The van der Waals surface area contributed by atoms with Crippen molar-refractivity contribution in [1.29, 1.82) is 0 Å². The van der Waals surface area contributed by atoms with Crippen molar-refractivity contribution < 1.29 is 9.53 Å². The normalized spacial score (nSPS) is 16.6. The Bertz CT molecular complexity index is 1000. The summed E-state index contributed by atoms with van der Waals surface area (Å²) in [4.78, 5) is 14.2. The summed E-state index contributed by atoms with van der Waals surface area (Å²) in [5.74, 6) is 1.57. The lowest BCUT2D eigenvalue weighted by molar-refractivity contribution is -0.126. The van der Waals surface area contributed by atoms with Gasteiger partial charge in [-0.2, -0.15) is 0 Å². The highest BCUT2D eigenvalue weighted by molar-refractivity contribution is 8.00. The third-order valence-corrected chi connectivity index (χ3v) is 6.10. The first-order valence-electron chi connectivity index (χ1n) is 9.16. The van der Waals surface area contributed by atoms with Gasteiger partial charge in [-0.3, -0.25) is 9.36 Å². The molecule has 4 rings (SSSR count). The van der Waals surface area contributed by atoms with E-state index in [0.717, 1.165) is 30.0 Å². The van der Waals surface area contributed by atoms with Gasteiger partial charge in [0.1, 0.15) is 5.75 Å². The van der Waals surface area contributed by atoms with Gasteiger partial charge in [0.2, 0.25) is 5.91 Å². The van der Waals surface area contributed by atoms with Crippen LogP contribution in [-0.2, 0) is 4.79 Å². The number of para-hydroxylation sites is 1. The lowest BCUT2D eigenvalue weighted by Crippen LogP contribution is -2.24. The van der Waals surface area contributed by atoms with Crippen molar-refractivity contribution in [2.75, 3.05) is 20.7 Å². The average molecular weight is 395 g/mol. The molecule has 144 valence electrons. The van der Waals surface area contributed by atoms with Crippen molar-refractivity contribution in [2.24, 2.45) is 0 Å². The zero-order chi connectivity index (χ0) is 19.7. The smallest absolute Gasteiger partial charge is 0.235 e. The Morgan fingerprint density at radius 2 is 1.86 bits per heavy atom. The number of rotatable bonds is 5. The molecule has 0 saturated carbocycles. The number of likely N-dealkylation sites (tertiary alicyclic amines) is 1. The summed E-state index contributed by atoms with van der Waals surface area (Å²) in [5.41, 5.74) is 3.00. The van der Waals surface area contributed by atoms with Crippen molar-refractivity contribution >= 4 is 17.7 Å². The van der Waals surface area contributed by atoms with Crippen molar-refractivity contribution in [3.05, 3.63) is 54.1 Å². The molecule has 2 aromatic carbocycles. The fourth-order valence-electron chi connectivity index (χ4n) is 3.30. The number of carbonyl (C=O) groups is 1. The van der Waals surface area contributed by atoms with Crippen molar-refractivity contribution in [3.8, 4) is 22.8 Å². The largest absolute Gasteiger partial charge is 0.496 e. The zero-order valence-electron chi connectivity index (χ0n) is 16.1. The molecule has 0 bridgehead atoms. The van der Waals surface area contributed by atoms with E-state index in [1.807, 2.05) is 48.0 Å². The highest BCUT2D eigenvalue weighted by Gasteiger charge is 2.32. The molecule has 0 radical (unpaired) electrons. The van der Waals surface area contributed by atoms with E-state index in [-0.39, 0.29) is 11.2 Å². The summed E-state index contributed by atoms with van der Waals surface area (Å²) in [7, 11) is 3.49. The number of aromatic nitrogens is 3. The quantitative estimate of drug-likeness (QED) is 0.662. The van der Waals surface area contributed by atoms with Crippen LogP contribution in [0.25, 0.3) is 17.1 Å². The fourth-order valence-corrected chi connectivity index (χ4v) is 4.45. The summed E-state index contributed by atoms with van der Waals surface area (Å²) in [6.45, 7) is 2.83. The van der Waals surface area contributed by atoms with Crippen LogP contribution < -0.4 is 4.74 Å². The standard InChI is InChI=1S/C21H22N4O2S/c1-14-8-10-15(11-9-14)25-19(16-6-4-5-7-17(16)27-3)22-23-21(25)28-18-12-13-24(2)20(18)26/h4-11,18H,12-13H2,1-3H3. The lowest BCUT2D eigenvalue weighted by atomic mass is 10.1. The maximum Gasteiger partial charge on any atom is 0.235 e. The molecule has 1 saturated heterocycles. The number of thioether (sulfide) groups is 1. The molecule has 0 N–H and O–H groups in total. The summed E-state index contributed by atoms with van der Waals surface area (Å²) < 4.78 is 7.54. The Balaban J connectivity index is 1.82. The molecule has 1 aliphatic heterocycles. The van der Waals surface area contributed by atoms with Crippen molar-refractivity contribution in [2.45, 2.75) is 23.8 Å². The molecule has 3 aromatic rings. The maximum absolute atomic E-state index is 12.4. The molecular formula is C21H22N4O2S. The molecule has 6 nitrogen and oxygen atoms in total. The van der Waals surface area contributed by atoms with E-state index in [1.54, 1.807) is 12.0 Å². The minimum atomic E-state index is -0.135. The average Bonchev–Trinajstić information content (AvgIpc) is 3.27. The number of methoxy groups -OCH3 is 1. The summed E-state index contributed by atoms with van der Waals surface area (Å²) in [6.07, 6.45) is 0.810. The fraction of sp³-hybridized carbons (Fsp3) is 0.286. The summed E-state index contributed by atoms with van der Waals surface area (Å²) >= 11 is 1.48. The second-order valence-electron chi connectivity index (χ2n) is 6.83. The van der Waals surface area contributed by atoms with Crippen molar-refractivity contribution in [3.63, 3.8) is 0 Å². The molecule has 1 fully saturated rings. The SMILES string of the molecule is COc1ccccc1-c1nnc(SC2CCN(C)C2=O)n1-c1ccc(C)cc1. The Morgan fingerprint density at radius 3 is 2.54 bits per heavy atom. The number of hydrogen-bond donors (Lipinski definition) is 0. The molecule has 1 aromatic heterocycles. The number of hydrogen-bond acceptors (Lipinski definition) is 5. The Hall–Kier alpha value is -2.80. The summed E-state index contributed by atoms with van der Waals surface area (Å²) in [6, 6.07) is 16.0. The van der Waals surface area contributed by atoms with E-state index in [1.165, 1.54) is 17.3 Å². The van der Waals surface area contributed by atoms with Gasteiger partial charge in [-0.25, -0.2) is 0 Å². The monoisotopic (exact) mass is 394 g/mol. The van der Waals surface area contributed by atoms with Gasteiger partial charge in [-0.05, 0) is 37.6 Å². The highest BCUT2D eigenvalue weighted by Crippen LogP contribution is 2.36. The number of aryl methyl sites for hydroxylation is 1. The molecule has 0 aliphatic carbocycles. The number of ether oxygens (including phenoxy) is 1. The van der Waals surface area contributed by atoms with E-state index in [9.17, 15) is 4.79 Å². The first-order valence-corrected chi connectivity index (χ1v) is 10.0. The van der Waals surface area contributed by atoms with Crippen LogP contribution in [-0.4, -0.2) is 51.5 Å². The predicted molar refractivity (Wildman–Crippen MR) is 110 cm³/mol. The Morgan fingerprint density at radius 1 is 1.11 bits per heavy atom. The summed E-state index contributed by atoms with van der Waals surface area (Å²) in [5, 5.41) is 9.48. The van der Waals surface area contributed by atoms with Gasteiger partial charge in [0.15, 0.2) is 11.0 Å². The first-order chi connectivity index (χ1) is 13.6. The van der Waals surface area contributed by atoms with Crippen LogP contribution >= 0.6 is 11.8 Å². The van der Waals surface area contributed by atoms with Crippen LogP contribution in [0.1, 0.15) is 12.0 Å². The molecule has 1 amide bonds. The van der Waals surface area contributed by atoms with Gasteiger partial charge >= 0.3 is 0 Å². The third kappa shape index (κ3) is 3.38. The van der Waals surface area contributed by atoms with Crippen LogP contribution in [0.5, 0.6) is 5.75 Å².